The van der Waals surface area contributed by atoms with Crippen molar-refractivity contribution in [3.05, 3.63) is 71.8 Å². The average Bonchev–Trinajstić information content (AvgIpc) is 2.52. The number of benzene rings is 2. The van der Waals surface area contributed by atoms with Crippen LogP contribution in [0, 0.1) is 0 Å². The van der Waals surface area contributed by atoms with E-state index >= 15 is 0 Å². The molecule has 3 nitrogen and oxygen atoms in total. The molecule has 0 spiro atoms. The number of nitrogens with two attached hydrogens (primary N) is 1. The summed E-state index contributed by atoms with van der Waals surface area (Å²) < 4.78 is 23.0. The molecule has 2 atom stereocenters. The lowest BCUT2D eigenvalue weighted by atomic mass is 9.99. The fourth-order valence-electron chi connectivity index (χ4n) is 2.42. The maximum atomic E-state index is 11.5. The number of hydrogen-bond donors (Lipinski definition) is 2. The molecule has 0 aliphatic rings. The average molecular weight is 303 g/mol. The molecule has 21 heavy (non-hydrogen) atoms. The third kappa shape index (κ3) is 4.99. The molecule has 0 saturated heterocycles. The van der Waals surface area contributed by atoms with Gasteiger partial charge in [0.1, 0.15) is 10.7 Å². The molecule has 2 aromatic rings. The molecule has 0 aliphatic carbocycles. The molecule has 0 fully saturated rings. The van der Waals surface area contributed by atoms with Crippen molar-refractivity contribution in [1.82, 2.24) is 0 Å². The van der Waals surface area contributed by atoms with Crippen LogP contribution >= 0.6 is 0 Å². The molecule has 0 aromatic heterocycles. The van der Waals surface area contributed by atoms with Gasteiger partial charge in [-0.05, 0) is 30.4 Å². The standard InChI is InChI=1S/C17H21NO2S/c18-16(12-11-14-7-3-1-4-8-14)13-17(21(19)20)15-9-5-2-6-10-15/h1-10,16-17,21H,11-13,18H2. The smallest absolute Gasteiger partial charge is 0.147 e. The Kier molecular flexibility index (Phi) is 5.96. The Morgan fingerprint density at radius 1 is 0.905 bits per heavy atom. The Labute approximate surface area is 127 Å². The number of thiol groups is 1. The van der Waals surface area contributed by atoms with Crippen molar-refractivity contribution in [2.24, 2.45) is 5.73 Å². The minimum absolute atomic E-state index is 0.122. The van der Waals surface area contributed by atoms with Gasteiger partial charge in [0.25, 0.3) is 0 Å². The van der Waals surface area contributed by atoms with Crippen molar-refractivity contribution in [1.29, 1.82) is 0 Å². The van der Waals surface area contributed by atoms with E-state index < -0.39 is 16.0 Å². The highest BCUT2D eigenvalue weighted by Gasteiger charge is 2.18. The molecule has 4 heteroatoms. The van der Waals surface area contributed by atoms with Crippen LogP contribution in [0.2, 0.25) is 0 Å². The first-order valence-electron chi connectivity index (χ1n) is 7.15. The molecule has 0 saturated carbocycles. The van der Waals surface area contributed by atoms with Gasteiger partial charge in [-0.1, -0.05) is 60.7 Å². The van der Waals surface area contributed by atoms with Gasteiger partial charge in [0.15, 0.2) is 0 Å². The second-order valence-electron chi connectivity index (χ2n) is 5.23. The zero-order valence-electron chi connectivity index (χ0n) is 11.9. The van der Waals surface area contributed by atoms with Gasteiger partial charge in [-0.25, -0.2) is 8.42 Å². The van der Waals surface area contributed by atoms with Crippen LogP contribution in [0.3, 0.4) is 0 Å². The van der Waals surface area contributed by atoms with Gasteiger partial charge in [-0.3, -0.25) is 0 Å². The molecule has 2 aromatic carbocycles. The summed E-state index contributed by atoms with van der Waals surface area (Å²) in [5.74, 6) is 0. The second kappa shape index (κ2) is 7.96. The molecule has 2 N–H and O–H groups in total. The van der Waals surface area contributed by atoms with Crippen LogP contribution in [0.15, 0.2) is 60.7 Å². The van der Waals surface area contributed by atoms with E-state index in [1.54, 1.807) is 0 Å². The second-order valence-corrected chi connectivity index (χ2v) is 6.43. The first kappa shape index (κ1) is 15.7. The van der Waals surface area contributed by atoms with Gasteiger partial charge in [0.2, 0.25) is 0 Å². The molecular formula is C17H21NO2S. The van der Waals surface area contributed by atoms with Crippen molar-refractivity contribution >= 4 is 10.7 Å². The van der Waals surface area contributed by atoms with Crippen molar-refractivity contribution in [2.75, 3.05) is 0 Å². The predicted octanol–water partition coefficient (Wildman–Crippen LogP) is 2.69. The molecular weight excluding hydrogens is 282 g/mol. The topological polar surface area (TPSA) is 60.2 Å². The van der Waals surface area contributed by atoms with E-state index in [-0.39, 0.29) is 6.04 Å². The third-order valence-corrected chi connectivity index (χ3v) is 4.63. The summed E-state index contributed by atoms with van der Waals surface area (Å²) in [6, 6.07) is 19.3. The van der Waals surface area contributed by atoms with Crippen molar-refractivity contribution < 1.29 is 8.42 Å². The highest BCUT2D eigenvalue weighted by molar-refractivity contribution is 7.72. The van der Waals surface area contributed by atoms with Gasteiger partial charge < -0.3 is 5.73 Å². The number of rotatable bonds is 7. The fraction of sp³-hybridized carbons (Fsp3) is 0.294. The predicted molar refractivity (Wildman–Crippen MR) is 86.9 cm³/mol. The fourth-order valence-corrected chi connectivity index (χ4v) is 3.28. The van der Waals surface area contributed by atoms with Gasteiger partial charge >= 0.3 is 0 Å². The Morgan fingerprint density at radius 3 is 2.05 bits per heavy atom. The number of hydrogen-bond acceptors (Lipinski definition) is 3. The molecule has 0 heterocycles. The molecule has 2 unspecified atom stereocenters. The lowest BCUT2D eigenvalue weighted by Gasteiger charge is -2.17. The van der Waals surface area contributed by atoms with Gasteiger partial charge in [-0.15, -0.1) is 0 Å². The van der Waals surface area contributed by atoms with E-state index in [4.69, 9.17) is 5.73 Å². The minimum Gasteiger partial charge on any atom is -0.328 e. The lowest BCUT2D eigenvalue weighted by molar-refractivity contribution is 0.539. The first-order valence-corrected chi connectivity index (χ1v) is 8.39. The SMILES string of the molecule is NC(CCc1ccccc1)CC(c1ccccc1)[SH](=O)=O. The Morgan fingerprint density at radius 2 is 1.48 bits per heavy atom. The molecule has 112 valence electrons. The Bertz CT molecular complexity index is 603. The molecule has 0 amide bonds. The zero-order valence-corrected chi connectivity index (χ0v) is 12.8. The van der Waals surface area contributed by atoms with Gasteiger partial charge in [-0.2, -0.15) is 0 Å². The third-order valence-electron chi connectivity index (χ3n) is 3.61. The molecule has 0 bridgehead atoms. The van der Waals surface area contributed by atoms with Crippen LogP contribution in [-0.4, -0.2) is 14.5 Å². The van der Waals surface area contributed by atoms with Crippen LogP contribution in [0.4, 0.5) is 0 Å². The van der Waals surface area contributed by atoms with Crippen molar-refractivity contribution in [3.8, 4) is 0 Å². The van der Waals surface area contributed by atoms with E-state index in [9.17, 15) is 8.42 Å². The summed E-state index contributed by atoms with van der Waals surface area (Å²) >= 11 is 0. The quantitative estimate of drug-likeness (QED) is 0.773. The zero-order chi connectivity index (χ0) is 15.1. The van der Waals surface area contributed by atoms with Crippen LogP contribution < -0.4 is 5.73 Å². The lowest BCUT2D eigenvalue weighted by Crippen LogP contribution is -2.24. The van der Waals surface area contributed by atoms with Crippen molar-refractivity contribution in [3.63, 3.8) is 0 Å². The van der Waals surface area contributed by atoms with Crippen LogP contribution in [0.25, 0.3) is 0 Å². The Hall–Kier alpha value is -1.65. The van der Waals surface area contributed by atoms with E-state index in [1.807, 2.05) is 48.5 Å². The summed E-state index contributed by atoms with van der Waals surface area (Å²) in [4.78, 5) is 0. The molecule has 0 radical (unpaired) electrons. The molecule has 2 rings (SSSR count). The van der Waals surface area contributed by atoms with Crippen LogP contribution in [0.1, 0.15) is 29.2 Å². The van der Waals surface area contributed by atoms with E-state index in [2.05, 4.69) is 12.1 Å². The summed E-state index contributed by atoms with van der Waals surface area (Å²) in [5.41, 5.74) is 8.19. The summed E-state index contributed by atoms with van der Waals surface area (Å²) in [6.07, 6.45) is 2.13. The summed E-state index contributed by atoms with van der Waals surface area (Å²) in [7, 11) is -2.52. The largest absolute Gasteiger partial charge is 0.328 e. The normalized spacial score (nSPS) is 14.0. The van der Waals surface area contributed by atoms with E-state index in [0.29, 0.717) is 6.42 Å². The Balaban J connectivity index is 1.94. The highest BCUT2D eigenvalue weighted by Crippen LogP contribution is 2.23. The summed E-state index contributed by atoms with van der Waals surface area (Å²) in [6.45, 7) is 0. The van der Waals surface area contributed by atoms with E-state index in [1.165, 1.54) is 5.56 Å². The summed E-state index contributed by atoms with van der Waals surface area (Å²) in [5, 5.41) is -0.494. The van der Waals surface area contributed by atoms with Gasteiger partial charge in [0.05, 0.1) is 5.25 Å². The minimum atomic E-state index is -2.52. The van der Waals surface area contributed by atoms with Gasteiger partial charge in [0, 0.05) is 6.04 Å². The maximum absolute atomic E-state index is 11.5. The van der Waals surface area contributed by atoms with Crippen LogP contribution in [0.5, 0.6) is 0 Å². The van der Waals surface area contributed by atoms with Crippen molar-refractivity contribution in [2.45, 2.75) is 30.6 Å². The highest BCUT2D eigenvalue weighted by atomic mass is 32.2. The monoisotopic (exact) mass is 303 g/mol. The first-order chi connectivity index (χ1) is 10.2. The maximum Gasteiger partial charge on any atom is 0.147 e. The molecule has 0 aliphatic heterocycles. The number of aryl methyl sites for hydroxylation is 1. The van der Waals surface area contributed by atoms with E-state index in [0.717, 1.165) is 18.4 Å². The van der Waals surface area contributed by atoms with Crippen LogP contribution in [-0.2, 0) is 17.1 Å².